The van der Waals surface area contributed by atoms with Gasteiger partial charge in [-0.2, -0.15) is 0 Å². The molecule has 1 aromatic rings. The Bertz CT molecular complexity index is 601. The fourth-order valence-corrected chi connectivity index (χ4v) is 2.13. The van der Waals surface area contributed by atoms with Gasteiger partial charge in [0.05, 0.1) is 23.6 Å². The lowest BCUT2D eigenvalue weighted by molar-refractivity contribution is -0.140. The average molecular weight is 272 g/mol. The van der Waals surface area contributed by atoms with Crippen molar-refractivity contribution in [3.63, 3.8) is 0 Å². The zero-order valence-corrected chi connectivity index (χ0v) is 11.5. The van der Waals surface area contributed by atoms with Crippen LogP contribution >= 0.6 is 0 Å². The molecule has 5 nitrogen and oxygen atoms in total. The average Bonchev–Trinajstić information content (AvgIpc) is 2.46. The summed E-state index contributed by atoms with van der Waals surface area (Å²) in [7, 11) is 0. The van der Waals surface area contributed by atoms with Crippen molar-refractivity contribution in [1.82, 2.24) is 0 Å². The second-order valence-electron chi connectivity index (χ2n) is 4.34. The first-order chi connectivity index (χ1) is 9.67. The summed E-state index contributed by atoms with van der Waals surface area (Å²) in [6.07, 6.45) is 0.642. The van der Waals surface area contributed by atoms with Crippen LogP contribution in [-0.2, 0) is 14.3 Å². The van der Waals surface area contributed by atoms with E-state index < -0.39 is 0 Å². The minimum atomic E-state index is -0.337. The Kier molecular flexibility index (Phi) is 4.33. The first-order valence-electron chi connectivity index (χ1n) is 6.50. The van der Waals surface area contributed by atoms with Crippen LogP contribution in [0.15, 0.2) is 35.0 Å². The van der Waals surface area contributed by atoms with Crippen LogP contribution in [0.4, 0.5) is 11.4 Å². The molecule has 0 saturated carbocycles. The number of carbonyl (C=O) groups is 1. The van der Waals surface area contributed by atoms with Gasteiger partial charge in [0.15, 0.2) is 5.94 Å². The highest BCUT2D eigenvalue weighted by Gasteiger charge is 2.24. The van der Waals surface area contributed by atoms with Crippen molar-refractivity contribution in [3.05, 3.63) is 30.0 Å². The molecule has 0 fully saturated rings. The maximum atomic E-state index is 11.3. The van der Waals surface area contributed by atoms with E-state index in [9.17, 15) is 9.59 Å². The molecular formula is C15H16N2O3. The van der Waals surface area contributed by atoms with E-state index in [0.29, 0.717) is 24.4 Å². The Morgan fingerprint density at radius 2 is 2.15 bits per heavy atom. The number of allylic oxidation sites excluding steroid dienone is 1. The molecule has 0 N–H and O–H groups in total. The Morgan fingerprint density at radius 1 is 1.40 bits per heavy atom. The van der Waals surface area contributed by atoms with E-state index in [1.165, 1.54) is 6.92 Å². The van der Waals surface area contributed by atoms with Gasteiger partial charge in [0.1, 0.15) is 12.3 Å². The van der Waals surface area contributed by atoms with Crippen molar-refractivity contribution in [2.24, 2.45) is 4.99 Å². The lowest BCUT2D eigenvalue weighted by Gasteiger charge is -2.30. The predicted octanol–water partition coefficient (Wildman–Crippen LogP) is 2.27. The number of nitrogens with zero attached hydrogens (tertiary/aromatic N) is 2. The topological polar surface area (TPSA) is 59.0 Å². The number of hydrogen-bond acceptors (Lipinski definition) is 5. The van der Waals surface area contributed by atoms with Gasteiger partial charge in [0.2, 0.25) is 0 Å². The lowest BCUT2D eigenvalue weighted by Crippen LogP contribution is -2.33. The van der Waals surface area contributed by atoms with Gasteiger partial charge in [-0.25, -0.2) is 9.79 Å². The molecule has 0 amide bonds. The van der Waals surface area contributed by atoms with Gasteiger partial charge in [0, 0.05) is 6.92 Å². The van der Waals surface area contributed by atoms with E-state index in [1.54, 1.807) is 4.90 Å². The number of para-hydroxylation sites is 2. The standard InChI is InChI=1S/C15H16N2O3/c1-3-12-15(10-18)17(8-9-20-11(2)19)14-7-5-4-6-13(14)16-12/h4-7H,3,8-9H2,1-2H3. The maximum Gasteiger partial charge on any atom is 0.302 e. The number of anilines is 1. The van der Waals surface area contributed by atoms with Crippen molar-refractivity contribution < 1.29 is 14.3 Å². The molecule has 0 atom stereocenters. The summed E-state index contributed by atoms with van der Waals surface area (Å²) in [5.74, 6) is 1.62. The van der Waals surface area contributed by atoms with Crippen LogP contribution in [0.3, 0.4) is 0 Å². The zero-order chi connectivity index (χ0) is 14.5. The fourth-order valence-electron chi connectivity index (χ4n) is 2.13. The van der Waals surface area contributed by atoms with Crippen molar-refractivity contribution >= 4 is 29.0 Å². The molecule has 1 aromatic carbocycles. The molecule has 5 heteroatoms. The summed E-state index contributed by atoms with van der Waals surface area (Å²) in [6.45, 7) is 3.92. The molecule has 104 valence electrons. The van der Waals surface area contributed by atoms with Crippen LogP contribution in [0.25, 0.3) is 0 Å². The maximum absolute atomic E-state index is 11.3. The van der Waals surface area contributed by atoms with Crippen molar-refractivity contribution in [3.8, 4) is 0 Å². The Balaban J connectivity index is 2.34. The van der Waals surface area contributed by atoms with Crippen molar-refractivity contribution in [2.75, 3.05) is 18.1 Å². The molecule has 1 aliphatic heterocycles. The van der Waals surface area contributed by atoms with Gasteiger partial charge in [-0.15, -0.1) is 0 Å². The van der Waals surface area contributed by atoms with Crippen LogP contribution in [0.1, 0.15) is 20.3 Å². The molecule has 0 spiro atoms. The number of esters is 1. The number of fused-ring (bicyclic) bond motifs is 1. The monoisotopic (exact) mass is 272 g/mol. The molecule has 1 aliphatic rings. The van der Waals surface area contributed by atoms with Gasteiger partial charge in [-0.3, -0.25) is 4.79 Å². The highest BCUT2D eigenvalue weighted by Crippen LogP contribution is 2.35. The lowest BCUT2D eigenvalue weighted by atomic mass is 10.1. The highest BCUT2D eigenvalue weighted by atomic mass is 16.5. The first kappa shape index (κ1) is 14.0. The Morgan fingerprint density at radius 3 is 2.80 bits per heavy atom. The molecule has 0 aromatic heterocycles. The molecule has 0 unspecified atom stereocenters. The first-order valence-corrected chi connectivity index (χ1v) is 6.50. The summed E-state index contributed by atoms with van der Waals surface area (Å²) < 4.78 is 4.96. The minimum absolute atomic E-state index is 0.214. The van der Waals surface area contributed by atoms with E-state index >= 15 is 0 Å². The number of ether oxygens (including phenoxy) is 1. The predicted molar refractivity (Wildman–Crippen MR) is 77.0 cm³/mol. The van der Waals surface area contributed by atoms with Gasteiger partial charge in [-0.05, 0) is 18.6 Å². The second-order valence-corrected chi connectivity index (χ2v) is 4.34. The molecule has 0 saturated heterocycles. The Hall–Kier alpha value is -2.39. The number of rotatable bonds is 4. The number of aliphatic imine (C=N–C) groups is 1. The molecule has 1 heterocycles. The molecule has 0 radical (unpaired) electrons. The van der Waals surface area contributed by atoms with Gasteiger partial charge < -0.3 is 9.64 Å². The van der Waals surface area contributed by atoms with E-state index in [2.05, 4.69) is 4.99 Å². The fraction of sp³-hybridized carbons (Fsp3) is 0.333. The second kappa shape index (κ2) is 6.17. The van der Waals surface area contributed by atoms with Crippen LogP contribution < -0.4 is 4.90 Å². The Labute approximate surface area is 117 Å². The summed E-state index contributed by atoms with van der Waals surface area (Å²) in [5, 5.41) is 0. The smallest absolute Gasteiger partial charge is 0.302 e. The molecule has 0 aliphatic carbocycles. The van der Waals surface area contributed by atoms with Crippen LogP contribution in [0.2, 0.25) is 0 Å². The third-order valence-corrected chi connectivity index (χ3v) is 3.02. The van der Waals surface area contributed by atoms with Crippen LogP contribution in [0, 0.1) is 0 Å². The SMILES string of the molecule is CCC1=Nc2ccccc2N(CCOC(C)=O)C1=C=O. The highest BCUT2D eigenvalue weighted by molar-refractivity contribution is 6.12. The molecule has 0 bridgehead atoms. The van der Waals surface area contributed by atoms with E-state index in [-0.39, 0.29) is 12.6 Å². The molecular weight excluding hydrogens is 256 g/mol. The molecule has 2 rings (SSSR count). The van der Waals surface area contributed by atoms with E-state index in [1.807, 2.05) is 37.1 Å². The van der Waals surface area contributed by atoms with Crippen molar-refractivity contribution in [2.45, 2.75) is 20.3 Å². The number of benzene rings is 1. The van der Waals surface area contributed by atoms with Crippen LogP contribution in [0.5, 0.6) is 0 Å². The number of hydrogen-bond donors (Lipinski definition) is 0. The third kappa shape index (κ3) is 2.78. The summed E-state index contributed by atoms with van der Waals surface area (Å²) in [6, 6.07) is 7.56. The van der Waals surface area contributed by atoms with Gasteiger partial charge in [-0.1, -0.05) is 19.1 Å². The zero-order valence-electron chi connectivity index (χ0n) is 11.5. The largest absolute Gasteiger partial charge is 0.464 e. The van der Waals surface area contributed by atoms with Crippen LogP contribution in [-0.4, -0.2) is 30.8 Å². The normalized spacial score (nSPS) is 13.4. The van der Waals surface area contributed by atoms with Gasteiger partial charge >= 0.3 is 5.97 Å². The van der Waals surface area contributed by atoms with E-state index in [0.717, 1.165) is 11.4 Å². The third-order valence-electron chi connectivity index (χ3n) is 3.02. The number of carbonyl (C=O) groups excluding carboxylic acids is 2. The van der Waals surface area contributed by atoms with E-state index in [4.69, 9.17) is 4.74 Å². The van der Waals surface area contributed by atoms with Gasteiger partial charge in [0.25, 0.3) is 0 Å². The quantitative estimate of drug-likeness (QED) is 0.623. The summed E-state index contributed by atoms with van der Waals surface area (Å²) >= 11 is 0. The van der Waals surface area contributed by atoms with Crippen molar-refractivity contribution in [1.29, 1.82) is 0 Å². The summed E-state index contributed by atoms with van der Waals surface area (Å²) in [4.78, 5) is 28.4. The molecule has 20 heavy (non-hydrogen) atoms. The summed E-state index contributed by atoms with van der Waals surface area (Å²) in [5.41, 5.74) is 2.75. The minimum Gasteiger partial charge on any atom is -0.464 e.